The van der Waals surface area contributed by atoms with Crippen molar-refractivity contribution in [2.45, 2.75) is 19.4 Å². The molecule has 0 aliphatic carbocycles. The number of rotatable bonds is 6. The van der Waals surface area contributed by atoms with Crippen LogP contribution in [0.3, 0.4) is 0 Å². The third kappa shape index (κ3) is 3.46. The summed E-state index contributed by atoms with van der Waals surface area (Å²) in [6.45, 7) is 3.27. The van der Waals surface area contributed by atoms with Crippen molar-refractivity contribution in [1.29, 1.82) is 5.26 Å². The number of nitrogens with zero attached hydrogens (tertiary/aromatic N) is 1. The summed E-state index contributed by atoms with van der Waals surface area (Å²) >= 11 is 0. The van der Waals surface area contributed by atoms with Gasteiger partial charge in [-0.15, -0.1) is 0 Å². The summed E-state index contributed by atoms with van der Waals surface area (Å²) in [5.74, 6) is 0.830. The Hall–Kier alpha value is -2.05. The van der Waals surface area contributed by atoms with E-state index in [2.05, 4.69) is 30.4 Å². The molecule has 0 heterocycles. The van der Waals surface area contributed by atoms with E-state index in [4.69, 9.17) is 10.00 Å². The normalized spacial score (nSPS) is 12.0. The minimum Gasteiger partial charge on any atom is -0.490 e. The molecule has 98 valence electrons. The van der Waals surface area contributed by atoms with E-state index in [9.17, 15) is 0 Å². The Labute approximate surface area is 113 Å². The SMILES string of the molecule is CCCNC(C#N)COc1cccc2ccccc12. The molecule has 0 aliphatic rings. The van der Waals surface area contributed by atoms with Crippen molar-refractivity contribution in [2.75, 3.05) is 13.2 Å². The lowest BCUT2D eigenvalue weighted by Gasteiger charge is -2.13. The Bertz CT molecular complexity index is 569. The highest BCUT2D eigenvalue weighted by Gasteiger charge is 2.08. The first-order valence-corrected chi connectivity index (χ1v) is 6.58. The Kier molecular flexibility index (Phi) is 4.77. The van der Waals surface area contributed by atoms with E-state index >= 15 is 0 Å². The van der Waals surface area contributed by atoms with Gasteiger partial charge in [0.1, 0.15) is 18.4 Å². The number of hydrogen-bond acceptors (Lipinski definition) is 3. The zero-order chi connectivity index (χ0) is 13.5. The van der Waals surface area contributed by atoms with Crippen molar-refractivity contribution in [2.24, 2.45) is 0 Å². The van der Waals surface area contributed by atoms with Crippen molar-refractivity contribution >= 4 is 10.8 Å². The molecule has 0 radical (unpaired) electrons. The molecule has 2 aromatic carbocycles. The van der Waals surface area contributed by atoms with Gasteiger partial charge in [-0.1, -0.05) is 43.3 Å². The summed E-state index contributed by atoms with van der Waals surface area (Å²) in [6.07, 6.45) is 1.01. The van der Waals surface area contributed by atoms with Gasteiger partial charge in [0.05, 0.1) is 6.07 Å². The fourth-order valence-corrected chi connectivity index (χ4v) is 1.96. The standard InChI is InChI=1S/C16H18N2O/c1-2-10-18-14(11-17)12-19-16-9-5-7-13-6-3-4-8-15(13)16/h3-9,14,18H,2,10,12H2,1H3. The van der Waals surface area contributed by atoms with Gasteiger partial charge in [-0.2, -0.15) is 5.26 Å². The summed E-state index contributed by atoms with van der Waals surface area (Å²) in [5.41, 5.74) is 0. The molecule has 1 N–H and O–H groups in total. The fourth-order valence-electron chi connectivity index (χ4n) is 1.96. The fraction of sp³-hybridized carbons (Fsp3) is 0.312. The molecule has 0 amide bonds. The molecular formula is C16H18N2O. The van der Waals surface area contributed by atoms with Crippen LogP contribution < -0.4 is 10.1 Å². The van der Waals surface area contributed by atoms with Crippen LogP contribution in [0.4, 0.5) is 0 Å². The number of hydrogen-bond donors (Lipinski definition) is 1. The highest BCUT2D eigenvalue weighted by Crippen LogP contribution is 2.25. The number of benzene rings is 2. The molecule has 3 heteroatoms. The van der Waals surface area contributed by atoms with Crippen LogP contribution in [-0.2, 0) is 0 Å². The van der Waals surface area contributed by atoms with Crippen LogP contribution in [0.1, 0.15) is 13.3 Å². The third-order valence-electron chi connectivity index (χ3n) is 2.95. The molecule has 1 atom stereocenters. The zero-order valence-electron chi connectivity index (χ0n) is 11.1. The van der Waals surface area contributed by atoms with Crippen LogP contribution in [0.2, 0.25) is 0 Å². The molecule has 0 saturated carbocycles. The zero-order valence-corrected chi connectivity index (χ0v) is 11.1. The molecule has 2 aromatic rings. The first-order chi connectivity index (χ1) is 9.35. The molecular weight excluding hydrogens is 236 g/mol. The second-order valence-electron chi connectivity index (χ2n) is 4.42. The van der Waals surface area contributed by atoms with E-state index in [1.54, 1.807) is 0 Å². The average molecular weight is 254 g/mol. The summed E-state index contributed by atoms with van der Waals surface area (Å²) < 4.78 is 5.78. The number of ether oxygens (including phenoxy) is 1. The molecule has 0 aliphatic heterocycles. The van der Waals surface area contributed by atoms with Crippen LogP contribution in [-0.4, -0.2) is 19.2 Å². The maximum Gasteiger partial charge on any atom is 0.130 e. The summed E-state index contributed by atoms with van der Waals surface area (Å²) in [6, 6.07) is 16.0. The largest absolute Gasteiger partial charge is 0.490 e. The predicted octanol–water partition coefficient (Wildman–Crippen LogP) is 3.11. The maximum atomic E-state index is 9.05. The highest BCUT2D eigenvalue weighted by atomic mass is 16.5. The molecule has 0 spiro atoms. The van der Waals surface area contributed by atoms with Gasteiger partial charge >= 0.3 is 0 Å². The maximum absolute atomic E-state index is 9.05. The van der Waals surface area contributed by atoms with E-state index in [1.165, 1.54) is 0 Å². The topological polar surface area (TPSA) is 45.0 Å². The molecule has 1 unspecified atom stereocenters. The molecule has 0 saturated heterocycles. The minimum absolute atomic E-state index is 0.265. The van der Waals surface area contributed by atoms with E-state index in [0.717, 1.165) is 29.5 Å². The first-order valence-electron chi connectivity index (χ1n) is 6.58. The van der Waals surface area contributed by atoms with Crippen LogP contribution in [0.25, 0.3) is 10.8 Å². The molecule has 0 bridgehead atoms. The Morgan fingerprint density at radius 1 is 1.21 bits per heavy atom. The predicted molar refractivity (Wildman–Crippen MR) is 77.1 cm³/mol. The van der Waals surface area contributed by atoms with Crippen molar-refractivity contribution in [3.63, 3.8) is 0 Å². The lowest BCUT2D eigenvalue weighted by atomic mass is 10.1. The second-order valence-corrected chi connectivity index (χ2v) is 4.42. The van der Waals surface area contributed by atoms with Gasteiger partial charge in [-0.25, -0.2) is 0 Å². The monoisotopic (exact) mass is 254 g/mol. The van der Waals surface area contributed by atoms with Gasteiger partial charge in [0.25, 0.3) is 0 Å². The molecule has 19 heavy (non-hydrogen) atoms. The molecule has 2 rings (SSSR count). The number of nitrogens with one attached hydrogen (secondary N) is 1. The van der Waals surface area contributed by atoms with Crippen LogP contribution in [0, 0.1) is 11.3 Å². The van der Waals surface area contributed by atoms with Gasteiger partial charge in [0.2, 0.25) is 0 Å². The molecule has 0 aromatic heterocycles. The third-order valence-corrected chi connectivity index (χ3v) is 2.95. The van der Waals surface area contributed by atoms with Crippen molar-refractivity contribution in [3.05, 3.63) is 42.5 Å². The van der Waals surface area contributed by atoms with Gasteiger partial charge < -0.3 is 4.74 Å². The number of nitriles is 1. The van der Waals surface area contributed by atoms with Gasteiger partial charge in [-0.3, -0.25) is 5.32 Å². The Morgan fingerprint density at radius 3 is 2.79 bits per heavy atom. The second kappa shape index (κ2) is 6.77. The summed E-state index contributed by atoms with van der Waals surface area (Å²) in [7, 11) is 0. The van der Waals surface area contributed by atoms with E-state index in [-0.39, 0.29) is 6.04 Å². The first kappa shape index (κ1) is 13.4. The Morgan fingerprint density at radius 2 is 2.00 bits per heavy atom. The van der Waals surface area contributed by atoms with Gasteiger partial charge in [0, 0.05) is 5.39 Å². The summed E-state index contributed by atoms with van der Waals surface area (Å²) in [4.78, 5) is 0. The van der Waals surface area contributed by atoms with E-state index in [1.807, 2.05) is 30.3 Å². The summed E-state index contributed by atoms with van der Waals surface area (Å²) in [5, 5.41) is 14.4. The quantitative estimate of drug-likeness (QED) is 0.861. The van der Waals surface area contributed by atoms with Crippen molar-refractivity contribution < 1.29 is 4.74 Å². The van der Waals surface area contributed by atoms with Crippen LogP contribution >= 0.6 is 0 Å². The average Bonchev–Trinajstić information content (AvgIpc) is 2.47. The van der Waals surface area contributed by atoms with Gasteiger partial charge in [-0.05, 0) is 24.4 Å². The van der Waals surface area contributed by atoms with E-state index < -0.39 is 0 Å². The van der Waals surface area contributed by atoms with Crippen molar-refractivity contribution in [1.82, 2.24) is 5.32 Å². The smallest absolute Gasteiger partial charge is 0.130 e. The Balaban J connectivity index is 2.07. The lowest BCUT2D eigenvalue weighted by molar-refractivity contribution is 0.292. The highest BCUT2D eigenvalue weighted by molar-refractivity contribution is 5.88. The number of fused-ring (bicyclic) bond motifs is 1. The van der Waals surface area contributed by atoms with Crippen LogP contribution in [0.5, 0.6) is 5.75 Å². The van der Waals surface area contributed by atoms with Crippen LogP contribution in [0.15, 0.2) is 42.5 Å². The minimum atomic E-state index is -0.265. The van der Waals surface area contributed by atoms with Gasteiger partial charge in [0.15, 0.2) is 0 Å². The lowest BCUT2D eigenvalue weighted by Crippen LogP contribution is -2.33. The molecule has 3 nitrogen and oxygen atoms in total. The van der Waals surface area contributed by atoms with E-state index in [0.29, 0.717) is 6.61 Å². The van der Waals surface area contributed by atoms with Crippen molar-refractivity contribution in [3.8, 4) is 11.8 Å². The molecule has 0 fully saturated rings.